The lowest BCUT2D eigenvalue weighted by atomic mass is 10.0. The highest BCUT2D eigenvalue weighted by atomic mass is 16.5. The SMILES string of the molecule is CCCCC/C=C\C/C=C\CCCCCCCCCCCC(=O)OCC/C=C\C/C=C\CCCCCCCCCCCCCCCCC(=O)NC(CO)C(O)/C=C/CCCCCCCCCCCCCCC. The fourth-order valence-electron chi connectivity index (χ4n) is 9.44. The van der Waals surface area contributed by atoms with Crippen LogP contribution >= 0.6 is 0 Å². The van der Waals surface area contributed by atoms with Gasteiger partial charge in [-0.3, -0.25) is 9.59 Å². The summed E-state index contributed by atoms with van der Waals surface area (Å²) in [6.07, 6.45) is 79.9. The molecule has 0 saturated heterocycles. The van der Waals surface area contributed by atoms with Crippen molar-refractivity contribution in [2.45, 2.75) is 334 Å². The van der Waals surface area contributed by atoms with Crippen LogP contribution in [0.15, 0.2) is 60.8 Å². The number of hydrogen-bond acceptors (Lipinski definition) is 5. The lowest BCUT2D eigenvalue weighted by molar-refractivity contribution is -0.143. The molecule has 72 heavy (non-hydrogen) atoms. The molecule has 1 amide bonds. The van der Waals surface area contributed by atoms with Gasteiger partial charge in [0, 0.05) is 12.8 Å². The Balaban J connectivity index is 3.47. The molecular formula is C66H121NO5. The number of ether oxygens (including phenoxy) is 1. The minimum absolute atomic E-state index is 0.0400. The van der Waals surface area contributed by atoms with E-state index in [1.807, 2.05) is 6.08 Å². The van der Waals surface area contributed by atoms with E-state index < -0.39 is 12.1 Å². The van der Waals surface area contributed by atoms with Crippen molar-refractivity contribution in [3.8, 4) is 0 Å². The van der Waals surface area contributed by atoms with Crippen LogP contribution in [0.3, 0.4) is 0 Å². The van der Waals surface area contributed by atoms with Gasteiger partial charge in [0.2, 0.25) is 5.91 Å². The van der Waals surface area contributed by atoms with Gasteiger partial charge >= 0.3 is 5.97 Å². The average molecular weight is 1010 g/mol. The van der Waals surface area contributed by atoms with Gasteiger partial charge in [0.25, 0.3) is 0 Å². The molecule has 6 heteroatoms. The van der Waals surface area contributed by atoms with E-state index in [0.717, 1.165) is 57.8 Å². The maximum Gasteiger partial charge on any atom is 0.305 e. The molecule has 0 radical (unpaired) electrons. The Kier molecular flexibility index (Phi) is 59.0. The van der Waals surface area contributed by atoms with Crippen LogP contribution in [0.2, 0.25) is 0 Å². The summed E-state index contributed by atoms with van der Waals surface area (Å²) in [6.45, 7) is 4.77. The largest absolute Gasteiger partial charge is 0.465 e. The van der Waals surface area contributed by atoms with Crippen LogP contribution in [0.4, 0.5) is 0 Å². The number of esters is 1. The molecule has 0 saturated carbocycles. The normalized spacial score (nSPS) is 13.0. The topological polar surface area (TPSA) is 95.9 Å². The fourth-order valence-corrected chi connectivity index (χ4v) is 9.44. The third kappa shape index (κ3) is 56.8. The number of nitrogens with one attached hydrogen (secondary N) is 1. The molecule has 0 aromatic heterocycles. The van der Waals surface area contributed by atoms with E-state index in [9.17, 15) is 19.8 Å². The Hall–Kier alpha value is -2.44. The van der Waals surface area contributed by atoms with Crippen molar-refractivity contribution in [1.29, 1.82) is 0 Å². The Morgan fingerprint density at radius 3 is 1.08 bits per heavy atom. The molecule has 0 spiro atoms. The second kappa shape index (κ2) is 61.1. The standard InChI is InChI=1S/C66H121NO5/c1-3-5-7-9-11-13-15-17-19-20-24-28-32-36-40-44-48-52-56-60-66(71)72-61-57-53-49-45-41-37-33-29-26-23-21-22-25-27-31-35-39-43-47-51-55-59-65(70)67-63(62-68)64(69)58-54-50-46-42-38-34-30-18-16-14-12-10-8-6-4-2/h11,13,17,19,37,41,49,53-54,58,63-64,68-69H,3-10,12,14-16,18,20-36,38-40,42-48,50-52,55-57,59-62H2,1-2H3,(H,67,70)/b13-11-,19-17-,41-37-,53-49-,58-54+. The second-order valence-electron chi connectivity index (χ2n) is 21.4. The van der Waals surface area contributed by atoms with Crippen LogP contribution in [-0.2, 0) is 14.3 Å². The van der Waals surface area contributed by atoms with Crippen LogP contribution in [0.5, 0.6) is 0 Å². The van der Waals surface area contributed by atoms with E-state index in [1.54, 1.807) is 6.08 Å². The number of carbonyl (C=O) groups excluding carboxylic acids is 2. The van der Waals surface area contributed by atoms with E-state index in [4.69, 9.17) is 4.74 Å². The molecule has 0 aromatic carbocycles. The van der Waals surface area contributed by atoms with Gasteiger partial charge in [0.05, 0.1) is 25.4 Å². The Labute approximate surface area is 448 Å². The molecule has 0 fully saturated rings. The highest BCUT2D eigenvalue weighted by Crippen LogP contribution is 2.17. The summed E-state index contributed by atoms with van der Waals surface area (Å²) in [7, 11) is 0. The summed E-state index contributed by atoms with van der Waals surface area (Å²) in [5.74, 6) is -0.113. The molecule has 420 valence electrons. The van der Waals surface area contributed by atoms with Gasteiger partial charge in [-0.25, -0.2) is 0 Å². The number of allylic oxidation sites excluding steroid dienone is 8. The number of rotatable bonds is 58. The summed E-state index contributed by atoms with van der Waals surface area (Å²) in [4.78, 5) is 24.5. The minimum Gasteiger partial charge on any atom is -0.465 e. The van der Waals surface area contributed by atoms with Gasteiger partial charge in [0.15, 0.2) is 0 Å². The molecule has 2 atom stereocenters. The molecule has 3 N–H and O–H groups in total. The van der Waals surface area contributed by atoms with Crippen molar-refractivity contribution < 1.29 is 24.5 Å². The highest BCUT2D eigenvalue weighted by Gasteiger charge is 2.18. The monoisotopic (exact) mass is 1010 g/mol. The molecule has 0 aliphatic heterocycles. The molecule has 0 heterocycles. The molecule has 0 rings (SSSR count). The maximum absolute atomic E-state index is 12.5. The van der Waals surface area contributed by atoms with Crippen molar-refractivity contribution in [1.82, 2.24) is 5.32 Å². The van der Waals surface area contributed by atoms with Crippen LogP contribution < -0.4 is 5.32 Å². The Bertz CT molecular complexity index is 1250. The van der Waals surface area contributed by atoms with Gasteiger partial charge in [-0.1, -0.05) is 286 Å². The lowest BCUT2D eigenvalue weighted by Crippen LogP contribution is -2.45. The first kappa shape index (κ1) is 69.6. The van der Waals surface area contributed by atoms with E-state index in [0.29, 0.717) is 19.4 Å². The molecule has 0 aliphatic rings. The van der Waals surface area contributed by atoms with Crippen molar-refractivity contribution in [2.24, 2.45) is 0 Å². The zero-order chi connectivity index (χ0) is 52.2. The fraction of sp³-hybridized carbons (Fsp3) is 0.818. The minimum atomic E-state index is -0.849. The number of aliphatic hydroxyl groups is 2. The first-order valence-electron chi connectivity index (χ1n) is 31.6. The number of hydrogen-bond donors (Lipinski definition) is 3. The van der Waals surface area contributed by atoms with E-state index in [-0.39, 0.29) is 18.5 Å². The number of aliphatic hydroxyl groups excluding tert-OH is 2. The average Bonchev–Trinajstić information content (AvgIpc) is 3.38. The predicted octanol–water partition coefficient (Wildman–Crippen LogP) is 19.9. The summed E-state index contributed by atoms with van der Waals surface area (Å²) < 4.78 is 5.43. The van der Waals surface area contributed by atoms with Crippen molar-refractivity contribution in [3.05, 3.63) is 60.8 Å². The number of unbranched alkanes of at least 4 members (excludes halogenated alkanes) is 39. The maximum atomic E-state index is 12.5. The van der Waals surface area contributed by atoms with Crippen LogP contribution in [0.1, 0.15) is 322 Å². The van der Waals surface area contributed by atoms with Crippen molar-refractivity contribution in [2.75, 3.05) is 13.2 Å². The zero-order valence-electron chi connectivity index (χ0n) is 47.9. The number of amides is 1. The molecule has 0 aromatic rings. The summed E-state index contributed by atoms with van der Waals surface area (Å²) in [5, 5.41) is 23.1. The Morgan fingerprint density at radius 1 is 0.389 bits per heavy atom. The van der Waals surface area contributed by atoms with Gasteiger partial charge in [-0.05, 0) is 83.5 Å². The Morgan fingerprint density at radius 2 is 0.694 bits per heavy atom. The summed E-state index contributed by atoms with van der Waals surface area (Å²) in [5.41, 5.74) is 0. The third-order valence-electron chi connectivity index (χ3n) is 14.3. The first-order chi connectivity index (χ1) is 35.5. The van der Waals surface area contributed by atoms with Crippen LogP contribution in [0.25, 0.3) is 0 Å². The number of carbonyl (C=O) groups is 2. The molecular weight excluding hydrogens is 887 g/mol. The molecule has 2 unspecified atom stereocenters. The second-order valence-corrected chi connectivity index (χ2v) is 21.4. The van der Waals surface area contributed by atoms with Crippen molar-refractivity contribution in [3.63, 3.8) is 0 Å². The van der Waals surface area contributed by atoms with Crippen molar-refractivity contribution >= 4 is 11.9 Å². The first-order valence-corrected chi connectivity index (χ1v) is 31.6. The van der Waals surface area contributed by atoms with Gasteiger partial charge in [-0.15, -0.1) is 0 Å². The van der Waals surface area contributed by atoms with Gasteiger partial charge < -0.3 is 20.3 Å². The molecule has 0 bridgehead atoms. The summed E-state index contributed by atoms with van der Waals surface area (Å²) in [6, 6.07) is -0.633. The van der Waals surface area contributed by atoms with E-state index in [1.165, 1.54) is 238 Å². The van der Waals surface area contributed by atoms with E-state index >= 15 is 0 Å². The molecule has 0 aliphatic carbocycles. The van der Waals surface area contributed by atoms with E-state index in [2.05, 4.69) is 67.8 Å². The zero-order valence-corrected chi connectivity index (χ0v) is 47.9. The lowest BCUT2D eigenvalue weighted by Gasteiger charge is -2.20. The van der Waals surface area contributed by atoms with Crippen LogP contribution in [-0.4, -0.2) is 47.4 Å². The quantitative estimate of drug-likeness (QED) is 0.0320. The van der Waals surface area contributed by atoms with Gasteiger partial charge in [0.1, 0.15) is 0 Å². The smallest absolute Gasteiger partial charge is 0.305 e. The predicted molar refractivity (Wildman–Crippen MR) is 315 cm³/mol. The molecule has 6 nitrogen and oxygen atoms in total. The summed E-state index contributed by atoms with van der Waals surface area (Å²) >= 11 is 0. The third-order valence-corrected chi connectivity index (χ3v) is 14.3. The van der Waals surface area contributed by atoms with Crippen LogP contribution in [0, 0.1) is 0 Å². The van der Waals surface area contributed by atoms with Gasteiger partial charge in [-0.2, -0.15) is 0 Å². The highest BCUT2D eigenvalue weighted by molar-refractivity contribution is 5.76.